The highest BCUT2D eigenvalue weighted by Crippen LogP contribution is 2.26. The number of nitriles is 1. The van der Waals surface area contributed by atoms with Crippen molar-refractivity contribution in [2.24, 2.45) is 5.92 Å². The van der Waals surface area contributed by atoms with Crippen molar-refractivity contribution in [3.05, 3.63) is 29.8 Å². The van der Waals surface area contributed by atoms with Gasteiger partial charge in [0, 0.05) is 24.7 Å². The third-order valence-corrected chi connectivity index (χ3v) is 3.78. The van der Waals surface area contributed by atoms with Gasteiger partial charge in [0.1, 0.15) is 0 Å². The largest absolute Gasteiger partial charge is 0.353 e. The van der Waals surface area contributed by atoms with Crippen molar-refractivity contribution in [3.8, 4) is 6.07 Å². The highest BCUT2D eigenvalue weighted by atomic mass is 16.2. The maximum absolute atomic E-state index is 12.1. The number of carbonyl (C=O) groups is 2. The molecule has 1 fully saturated rings. The molecule has 1 heterocycles. The number of hydrogen-bond donors (Lipinski definition) is 1. The maximum Gasteiger partial charge on any atom is 0.227 e. The Hall–Kier alpha value is -2.35. The molecule has 1 saturated heterocycles. The Kier molecular flexibility index (Phi) is 4.59. The minimum absolute atomic E-state index is 0.0726. The summed E-state index contributed by atoms with van der Waals surface area (Å²) >= 11 is 0. The fraction of sp³-hybridized carbons (Fsp3) is 0.438. The quantitative estimate of drug-likeness (QED) is 0.917. The molecule has 0 aliphatic carbocycles. The lowest BCUT2D eigenvalue weighted by Crippen LogP contribution is -2.38. The second kappa shape index (κ2) is 6.40. The maximum atomic E-state index is 12.1. The Morgan fingerprint density at radius 3 is 3.00 bits per heavy atom. The van der Waals surface area contributed by atoms with Crippen LogP contribution in [0.5, 0.6) is 0 Å². The van der Waals surface area contributed by atoms with Gasteiger partial charge < -0.3 is 10.2 Å². The van der Waals surface area contributed by atoms with E-state index in [1.807, 2.05) is 13.8 Å². The fourth-order valence-electron chi connectivity index (χ4n) is 2.34. The lowest BCUT2D eigenvalue weighted by molar-refractivity contribution is -0.126. The van der Waals surface area contributed by atoms with Gasteiger partial charge in [-0.25, -0.2) is 0 Å². The number of nitrogens with one attached hydrogen (secondary N) is 1. The van der Waals surface area contributed by atoms with E-state index in [0.717, 1.165) is 6.42 Å². The number of amides is 2. The van der Waals surface area contributed by atoms with E-state index < -0.39 is 0 Å². The second-order valence-corrected chi connectivity index (χ2v) is 5.39. The van der Waals surface area contributed by atoms with Gasteiger partial charge >= 0.3 is 0 Å². The van der Waals surface area contributed by atoms with Gasteiger partial charge in [-0.1, -0.05) is 13.0 Å². The van der Waals surface area contributed by atoms with Crippen molar-refractivity contribution in [2.45, 2.75) is 32.7 Å². The van der Waals surface area contributed by atoms with Crippen LogP contribution in [0.3, 0.4) is 0 Å². The van der Waals surface area contributed by atoms with Crippen molar-refractivity contribution >= 4 is 17.5 Å². The van der Waals surface area contributed by atoms with E-state index in [0.29, 0.717) is 17.8 Å². The van der Waals surface area contributed by atoms with Crippen LogP contribution in [0.25, 0.3) is 0 Å². The third kappa shape index (κ3) is 3.40. The molecule has 1 aromatic rings. The Bertz CT molecular complexity index is 591. The summed E-state index contributed by atoms with van der Waals surface area (Å²) in [6, 6.07) is 9.06. The van der Waals surface area contributed by atoms with Crippen LogP contribution < -0.4 is 10.2 Å². The summed E-state index contributed by atoms with van der Waals surface area (Å²) in [5, 5.41) is 11.8. The van der Waals surface area contributed by atoms with E-state index >= 15 is 0 Å². The van der Waals surface area contributed by atoms with Crippen molar-refractivity contribution in [3.63, 3.8) is 0 Å². The van der Waals surface area contributed by atoms with Crippen LogP contribution in [-0.4, -0.2) is 24.4 Å². The first-order valence-electron chi connectivity index (χ1n) is 7.16. The Labute approximate surface area is 124 Å². The van der Waals surface area contributed by atoms with Crippen LogP contribution in [0.1, 0.15) is 32.3 Å². The van der Waals surface area contributed by atoms with Crippen molar-refractivity contribution in [1.29, 1.82) is 5.26 Å². The highest BCUT2D eigenvalue weighted by molar-refractivity contribution is 6.00. The number of carbonyl (C=O) groups excluding carboxylic acids is 2. The van der Waals surface area contributed by atoms with E-state index in [9.17, 15) is 9.59 Å². The second-order valence-electron chi connectivity index (χ2n) is 5.39. The van der Waals surface area contributed by atoms with E-state index in [1.165, 1.54) is 0 Å². The molecule has 21 heavy (non-hydrogen) atoms. The van der Waals surface area contributed by atoms with E-state index in [2.05, 4.69) is 11.4 Å². The van der Waals surface area contributed by atoms with Gasteiger partial charge in [0.2, 0.25) is 11.8 Å². The molecule has 0 saturated carbocycles. The Morgan fingerprint density at radius 2 is 2.33 bits per heavy atom. The molecule has 2 unspecified atom stereocenters. The number of hydrogen-bond acceptors (Lipinski definition) is 3. The summed E-state index contributed by atoms with van der Waals surface area (Å²) in [6.45, 7) is 4.32. The summed E-state index contributed by atoms with van der Waals surface area (Å²) < 4.78 is 0. The average molecular weight is 285 g/mol. The molecule has 0 bridgehead atoms. The first-order chi connectivity index (χ1) is 10.0. The number of benzene rings is 1. The third-order valence-electron chi connectivity index (χ3n) is 3.78. The van der Waals surface area contributed by atoms with Crippen LogP contribution in [0.15, 0.2) is 24.3 Å². The molecule has 0 aromatic heterocycles. The molecule has 1 aromatic carbocycles. The molecule has 2 atom stereocenters. The molecular weight excluding hydrogens is 266 g/mol. The van der Waals surface area contributed by atoms with Crippen LogP contribution in [0, 0.1) is 17.2 Å². The molecule has 1 N–H and O–H groups in total. The van der Waals surface area contributed by atoms with Gasteiger partial charge in [0.15, 0.2) is 0 Å². The SMILES string of the molecule is CCC(C)NC(=O)C1CC(=O)N(c2cccc(C#N)c2)C1. The summed E-state index contributed by atoms with van der Waals surface area (Å²) in [7, 11) is 0. The summed E-state index contributed by atoms with van der Waals surface area (Å²) in [4.78, 5) is 25.8. The molecule has 1 aliphatic rings. The number of rotatable bonds is 4. The molecule has 0 radical (unpaired) electrons. The first kappa shape index (κ1) is 15.0. The monoisotopic (exact) mass is 285 g/mol. The average Bonchev–Trinajstić information content (AvgIpc) is 2.89. The lowest BCUT2D eigenvalue weighted by atomic mass is 10.1. The smallest absolute Gasteiger partial charge is 0.227 e. The van der Waals surface area contributed by atoms with Gasteiger partial charge in [-0.15, -0.1) is 0 Å². The normalized spacial score (nSPS) is 19.2. The Morgan fingerprint density at radius 1 is 1.57 bits per heavy atom. The van der Waals surface area contributed by atoms with Crippen molar-refractivity contribution in [1.82, 2.24) is 5.32 Å². The number of nitrogens with zero attached hydrogens (tertiary/aromatic N) is 2. The minimum atomic E-state index is -0.322. The van der Waals surface area contributed by atoms with E-state index in [1.54, 1.807) is 29.2 Å². The zero-order valence-electron chi connectivity index (χ0n) is 12.3. The first-order valence-corrected chi connectivity index (χ1v) is 7.16. The van der Waals surface area contributed by atoms with Crippen LogP contribution in [0.2, 0.25) is 0 Å². The minimum Gasteiger partial charge on any atom is -0.353 e. The standard InChI is InChI=1S/C16H19N3O2/c1-3-11(2)18-16(21)13-8-15(20)19(10-13)14-6-4-5-12(7-14)9-17/h4-7,11,13H,3,8,10H2,1-2H3,(H,18,21). The van der Waals surface area contributed by atoms with Crippen LogP contribution >= 0.6 is 0 Å². The van der Waals surface area contributed by atoms with Gasteiger partial charge in [0.05, 0.1) is 17.6 Å². The zero-order valence-corrected chi connectivity index (χ0v) is 12.3. The lowest BCUT2D eigenvalue weighted by Gasteiger charge is -2.18. The fourth-order valence-corrected chi connectivity index (χ4v) is 2.34. The molecular formula is C16H19N3O2. The molecule has 2 rings (SSSR count). The van der Waals surface area contributed by atoms with Gasteiger partial charge in [-0.2, -0.15) is 5.26 Å². The van der Waals surface area contributed by atoms with Crippen LogP contribution in [-0.2, 0) is 9.59 Å². The van der Waals surface area contributed by atoms with Gasteiger partial charge in [-0.3, -0.25) is 9.59 Å². The van der Waals surface area contributed by atoms with Gasteiger partial charge in [-0.05, 0) is 31.5 Å². The predicted octanol–water partition coefficient (Wildman–Crippen LogP) is 1.83. The zero-order chi connectivity index (χ0) is 15.4. The summed E-state index contributed by atoms with van der Waals surface area (Å²) in [5.74, 6) is -0.469. The Balaban J connectivity index is 2.09. The molecule has 1 aliphatic heterocycles. The summed E-state index contributed by atoms with van der Waals surface area (Å²) in [6.07, 6.45) is 1.08. The topological polar surface area (TPSA) is 73.2 Å². The highest BCUT2D eigenvalue weighted by Gasteiger charge is 2.35. The van der Waals surface area contributed by atoms with Crippen molar-refractivity contribution in [2.75, 3.05) is 11.4 Å². The van der Waals surface area contributed by atoms with Crippen molar-refractivity contribution < 1.29 is 9.59 Å². The van der Waals surface area contributed by atoms with Gasteiger partial charge in [0.25, 0.3) is 0 Å². The predicted molar refractivity (Wildman–Crippen MR) is 79.5 cm³/mol. The molecule has 110 valence electrons. The van der Waals surface area contributed by atoms with E-state index in [4.69, 9.17) is 5.26 Å². The number of anilines is 1. The van der Waals surface area contributed by atoms with E-state index in [-0.39, 0.29) is 30.2 Å². The summed E-state index contributed by atoms with van der Waals surface area (Å²) in [5.41, 5.74) is 1.19. The molecule has 5 heteroatoms. The molecule has 0 spiro atoms. The van der Waals surface area contributed by atoms with Crippen LogP contribution in [0.4, 0.5) is 5.69 Å². The molecule has 5 nitrogen and oxygen atoms in total. The molecule has 2 amide bonds.